The molecule has 0 spiro atoms. The van der Waals surface area contributed by atoms with Gasteiger partial charge in [0.25, 0.3) is 0 Å². The Bertz CT molecular complexity index is 504. The van der Waals surface area contributed by atoms with Crippen LogP contribution in [0.2, 0.25) is 0 Å². The molecule has 116 valence electrons. The van der Waals surface area contributed by atoms with Gasteiger partial charge in [-0.25, -0.2) is 9.97 Å². The number of hydrogen-bond donors (Lipinski definition) is 2. The molecule has 0 aromatic carbocycles. The average molecular weight is 292 g/mol. The molecule has 1 fully saturated rings. The molecule has 1 aliphatic rings. The van der Waals surface area contributed by atoms with Crippen LogP contribution in [-0.4, -0.2) is 46.7 Å². The maximum Gasteiger partial charge on any atom is 0.317 e. The van der Waals surface area contributed by atoms with Crippen molar-refractivity contribution >= 4 is 11.9 Å². The maximum atomic E-state index is 10.6. The summed E-state index contributed by atoms with van der Waals surface area (Å²) in [6, 6.07) is 2.23. The van der Waals surface area contributed by atoms with Gasteiger partial charge in [-0.15, -0.1) is 0 Å². The van der Waals surface area contributed by atoms with E-state index in [1.807, 2.05) is 13.0 Å². The van der Waals surface area contributed by atoms with Crippen LogP contribution < -0.4 is 10.2 Å². The number of rotatable bonds is 6. The number of anilines is 1. The average Bonchev–Trinajstić information content (AvgIpc) is 2.83. The number of aliphatic carboxylic acids is 1. The molecular weight excluding hydrogens is 268 g/mol. The van der Waals surface area contributed by atoms with E-state index in [2.05, 4.69) is 34.0 Å². The van der Waals surface area contributed by atoms with Crippen LogP contribution in [0.1, 0.15) is 31.7 Å². The number of nitrogens with zero attached hydrogens (tertiary/aromatic N) is 3. The first kappa shape index (κ1) is 15.7. The van der Waals surface area contributed by atoms with E-state index in [-0.39, 0.29) is 12.6 Å². The molecule has 0 unspecified atom stereocenters. The highest BCUT2D eigenvalue weighted by molar-refractivity contribution is 5.69. The number of carboxylic acids is 1. The van der Waals surface area contributed by atoms with Crippen LogP contribution in [0.4, 0.5) is 5.95 Å². The second kappa shape index (κ2) is 6.85. The van der Waals surface area contributed by atoms with Gasteiger partial charge in [0.05, 0.1) is 6.54 Å². The molecule has 0 saturated carbocycles. The highest BCUT2D eigenvalue weighted by atomic mass is 16.4. The van der Waals surface area contributed by atoms with Gasteiger partial charge in [-0.3, -0.25) is 4.79 Å². The van der Waals surface area contributed by atoms with Gasteiger partial charge < -0.3 is 15.3 Å². The molecular formula is C15H24N4O2. The first-order valence-electron chi connectivity index (χ1n) is 7.48. The predicted molar refractivity (Wildman–Crippen MR) is 81.6 cm³/mol. The minimum Gasteiger partial charge on any atom is -0.480 e. The fraction of sp³-hybridized carbons (Fsp3) is 0.667. The first-order valence-corrected chi connectivity index (χ1v) is 7.48. The third-order valence-electron chi connectivity index (χ3n) is 3.53. The molecule has 0 amide bonds. The van der Waals surface area contributed by atoms with E-state index in [0.29, 0.717) is 5.92 Å². The molecule has 1 aromatic rings. The smallest absolute Gasteiger partial charge is 0.317 e. The first-order chi connectivity index (χ1) is 9.94. The van der Waals surface area contributed by atoms with Crippen molar-refractivity contribution in [1.82, 2.24) is 15.3 Å². The zero-order chi connectivity index (χ0) is 15.4. The van der Waals surface area contributed by atoms with Gasteiger partial charge in [-0.2, -0.15) is 0 Å². The Morgan fingerprint density at radius 3 is 2.95 bits per heavy atom. The fourth-order valence-electron chi connectivity index (χ4n) is 2.62. The van der Waals surface area contributed by atoms with Crippen molar-refractivity contribution < 1.29 is 9.90 Å². The van der Waals surface area contributed by atoms with Gasteiger partial charge >= 0.3 is 5.97 Å². The summed E-state index contributed by atoms with van der Waals surface area (Å²) >= 11 is 0. The van der Waals surface area contributed by atoms with E-state index >= 15 is 0 Å². The third-order valence-corrected chi connectivity index (χ3v) is 3.53. The molecule has 21 heavy (non-hydrogen) atoms. The SMILES string of the molecule is Cc1cc(CC(C)C)nc(N2CC[C@H](NCC(=O)O)C2)n1. The molecule has 1 atom stereocenters. The number of hydrogen-bond acceptors (Lipinski definition) is 5. The monoisotopic (exact) mass is 292 g/mol. The summed E-state index contributed by atoms with van der Waals surface area (Å²) in [5, 5.41) is 11.8. The summed E-state index contributed by atoms with van der Waals surface area (Å²) in [5.41, 5.74) is 2.06. The van der Waals surface area contributed by atoms with Crippen molar-refractivity contribution in [3.8, 4) is 0 Å². The Hall–Kier alpha value is -1.69. The second-order valence-electron chi connectivity index (χ2n) is 6.10. The van der Waals surface area contributed by atoms with Gasteiger partial charge in [-0.05, 0) is 31.7 Å². The van der Waals surface area contributed by atoms with Crippen molar-refractivity contribution in [3.63, 3.8) is 0 Å². The molecule has 0 aliphatic carbocycles. The summed E-state index contributed by atoms with van der Waals surface area (Å²) in [4.78, 5) is 21.9. The molecule has 2 rings (SSSR count). The topological polar surface area (TPSA) is 78.4 Å². The van der Waals surface area contributed by atoms with E-state index in [1.165, 1.54) is 0 Å². The van der Waals surface area contributed by atoms with Crippen LogP contribution in [0.25, 0.3) is 0 Å². The van der Waals surface area contributed by atoms with Crippen molar-refractivity contribution in [3.05, 3.63) is 17.5 Å². The Kier molecular flexibility index (Phi) is 5.12. The number of aryl methyl sites for hydroxylation is 1. The van der Waals surface area contributed by atoms with Gasteiger partial charge in [0.1, 0.15) is 0 Å². The normalized spacial score (nSPS) is 18.5. The highest BCUT2D eigenvalue weighted by Gasteiger charge is 2.24. The van der Waals surface area contributed by atoms with Crippen molar-refractivity contribution in [2.45, 2.75) is 39.7 Å². The highest BCUT2D eigenvalue weighted by Crippen LogP contribution is 2.18. The van der Waals surface area contributed by atoms with Crippen molar-refractivity contribution in [1.29, 1.82) is 0 Å². The lowest BCUT2D eigenvalue weighted by molar-refractivity contribution is -0.136. The second-order valence-corrected chi connectivity index (χ2v) is 6.10. The van der Waals surface area contributed by atoms with Crippen LogP contribution in [-0.2, 0) is 11.2 Å². The van der Waals surface area contributed by atoms with Crippen LogP contribution in [0, 0.1) is 12.8 Å². The predicted octanol–water partition coefficient (Wildman–Crippen LogP) is 1.24. The van der Waals surface area contributed by atoms with Gasteiger partial charge in [0, 0.05) is 30.5 Å². The Labute approximate surface area is 125 Å². The van der Waals surface area contributed by atoms with E-state index in [1.54, 1.807) is 0 Å². The maximum absolute atomic E-state index is 10.6. The summed E-state index contributed by atoms with van der Waals surface area (Å²) in [5.74, 6) is 0.514. The molecule has 6 heteroatoms. The molecule has 2 heterocycles. The summed E-state index contributed by atoms with van der Waals surface area (Å²) in [6.45, 7) is 7.98. The molecule has 0 bridgehead atoms. The molecule has 1 aromatic heterocycles. The van der Waals surface area contributed by atoms with Crippen LogP contribution >= 0.6 is 0 Å². The summed E-state index contributed by atoms with van der Waals surface area (Å²) in [6.07, 6.45) is 1.87. The minimum atomic E-state index is -0.820. The molecule has 1 aliphatic heterocycles. The van der Waals surface area contributed by atoms with Crippen molar-refractivity contribution in [2.75, 3.05) is 24.5 Å². The summed E-state index contributed by atoms with van der Waals surface area (Å²) < 4.78 is 0. The van der Waals surface area contributed by atoms with Crippen LogP contribution in [0.3, 0.4) is 0 Å². The quantitative estimate of drug-likeness (QED) is 0.821. The van der Waals surface area contributed by atoms with Gasteiger partial charge in [-0.1, -0.05) is 13.8 Å². The van der Waals surface area contributed by atoms with E-state index < -0.39 is 5.97 Å². The number of carbonyl (C=O) groups is 1. The zero-order valence-corrected chi connectivity index (χ0v) is 13.0. The zero-order valence-electron chi connectivity index (χ0n) is 13.0. The Morgan fingerprint density at radius 1 is 1.52 bits per heavy atom. The number of nitrogens with one attached hydrogen (secondary N) is 1. The lowest BCUT2D eigenvalue weighted by Gasteiger charge is -2.18. The van der Waals surface area contributed by atoms with Crippen LogP contribution in [0.15, 0.2) is 6.07 Å². The standard InChI is InChI=1S/C15H24N4O2/c1-10(2)6-13-7-11(3)17-15(18-13)19-5-4-12(9-19)16-8-14(20)21/h7,10,12,16H,4-6,8-9H2,1-3H3,(H,20,21)/t12-/m0/s1. The Balaban J connectivity index is 2.02. The lowest BCUT2D eigenvalue weighted by atomic mass is 10.1. The fourth-order valence-corrected chi connectivity index (χ4v) is 2.62. The largest absolute Gasteiger partial charge is 0.480 e. The summed E-state index contributed by atoms with van der Waals surface area (Å²) in [7, 11) is 0. The van der Waals surface area contributed by atoms with Gasteiger partial charge in [0.2, 0.25) is 5.95 Å². The van der Waals surface area contributed by atoms with Crippen molar-refractivity contribution in [2.24, 2.45) is 5.92 Å². The van der Waals surface area contributed by atoms with E-state index in [9.17, 15) is 4.79 Å². The molecule has 2 N–H and O–H groups in total. The molecule has 1 saturated heterocycles. The van der Waals surface area contributed by atoms with E-state index in [0.717, 1.165) is 43.3 Å². The Morgan fingerprint density at radius 2 is 2.29 bits per heavy atom. The minimum absolute atomic E-state index is 0.00573. The lowest BCUT2D eigenvalue weighted by Crippen LogP contribution is -2.36. The van der Waals surface area contributed by atoms with Crippen LogP contribution in [0.5, 0.6) is 0 Å². The third kappa shape index (κ3) is 4.67. The molecule has 0 radical (unpaired) electrons. The van der Waals surface area contributed by atoms with Gasteiger partial charge in [0.15, 0.2) is 0 Å². The molecule has 6 nitrogen and oxygen atoms in total. The number of aromatic nitrogens is 2. The number of carboxylic acid groups (broad SMARTS) is 1. The van der Waals surface area contributed by atoms with E-state index in [4.69, 9.17) is 5.11 Å².